The van der Waals surface area contributed by atoms with E-state index in [0.717, 1.165) is 4.90 Å². The van der Waals surface area contributed by atoms with E-state index in [-0.39, 0.29) is 80.9 Å². The fourth-order valence-electron chi connectivity index (χ4n) is 13.4. The molecule has 0 aromatic rings. The Morgan fingerprint density at radius 2 is 1.00 bits per heavy atom. The van der Waals surface area contributed by atoms with E-state index >= 15 is 33.6 Å². The fraction of sp³-hybridized carbons (Fsp3) is 0.808. The van der Waals surface area contributed by atoms with Crippen molar-refractivity contribution in [3.05, 3.63) is 12.2 Å². The summed E-state index contributed by atoms with van der Waals surface area (Å²) in [6.07, 6.45) is 2.20. The number of ketones is 3. The fourth-order valence-corrected chi connectivity index (χ4v) is 13.4. The number of ether oxygens (including phenoxy) is 1. The summed E-state index contributed by atoms with van der Waals surface area (Å²) in [7, 11) is 12.1. The smallest absolute Gasteiger partial charge is 0.409 e. The lowest BCUT2D eigenvalue weighted by Crippen LogP contribution is -2.63. The van der Waals surface area contributed by atoms with Crippen molar-refractivity contribution in [1.82, 2.24) is 49.4 Å². The Balaban J connectivity index is 3.01. The number of carbonyl (C=O) groups excluding carboxylic acids is 12. The van der Waals surface area contributed by atoms with Gasteiger partial charge in [0.15, 0.2) is 11.6 Å². The SMILES string of the molecule is C/C=C/C[C@@H](C)[C@@H](O)[C@H]1C(=O)N[C@@H](CC)C(=O)N(C)[C@H](C)C(=O)N(C)[C@@H]([C@H](C)CCCOC(=O)N2CCN(C)CC2)C(=O)C[C@@H](C(C)C)C(=O)N(C)[C@@H](CC(C)C)C(=O)C[C@@H](C)C(=O)C[C@H](C)C(=O)N(C)[C@@H](CC(C)C)C(=O)N(C)[C@@H](CC(C)C)C(=O)N(C)[C@@H](C(C)C)C(=O)N1C. The van der Waals surface area contributed by atoms with E-state index < -0.39 is 155 Å². The highest BCUT2D eigenvalue weighted by atomic mass is 16.6. The number of aliphatic hydroxyl groups excluding tert-OH is 1. The lowest BCUT2D eigenvalue weighted by molar-refractivity contribution is -0.157. The molecular formula is C73H128N10O14. The number of aliphatic hydroxyl groups is 1. The minimum absolute atomic E-state index is 0.00598. The molecule has 2 heterocycles. The third-order valence-electron chi connectivity index (χ3n) is 20.1. The summed E-state index contributed by atoms with van der Waals surface area (Å²) in [6.45, 7) is 32.5. The number of amides is 9. The molecule has 0 saturated carbocycles. The number of hydrogen-bond donors (Lipinski definition) is 2. The van der Waals surface area contributed by atoms with Crippen LogP contribution in [0.15, 0.2) is 12.2 Å². The van der Waals surface area contributed by atoms with Crippen LogP contribution >= 0.6 is 0 Å². The van der Waals surface area contributed by atoms with Crippen LogP contribution in [0, 0.1) is 59.2 Å². The molecule has 2 N–H and O–H groups in total. The lowest BCUT2D eigenvalue weighted by atomic mass is 9.82. The molecule has 2 aliphatic heterocycles. The maximum atomic E-state index is 15.3. The zero-order valence-corrected chi connectivity index (χ0v) is 64.0. The second kappa shape index (κ2) is 40.1. The van der Waals surface area contributed by atoms with Crippen molar-refractivity contribution in [2.45, 2.75) is 236 Å². The lowest BCUT2D eigenvalue weighted by Gasteiger charge is -2.41. The van der Waals surface area contributed by atoms with Crippen LogP contribution in [0.2, 0.25) is 0 Å². The van der Waals surface area contributed by atoms with Gasteiger partial charge in [-0.05, 0) is 107 Å². The average molecular weight is 1370 g/mol. The monoisotopic (exact) mass is 1370 g/mol. The summed E-state index contributed by atoms with van der Waals surface area (Å²) >= 11 is 0. The highest BCUT2D eigenvalue weighted by Crippen LogP contribution is 2.30. The van der Waals surface area contributed by atoms with Gasteiger partial charge in [-0.25, -0.2) is 4.79 Å². The Hall–Kier alpha value is -6.30. The van der Waals surface area contributed by atoms with E-state index in [2.05, 4.69) is 10.2 Å². The highest BCUT2D eigenvalue weighted by Gasteiger charge is 2.46. The number of nitrogens with zero attached hydrogens (tertiary/aromatic N) is 9. The molecule has 0 radical (unpaired) electrons. The number of piperazine rings is 1. The van der Waals surface area contributed by atoms with Crippen molar-refractivity contribution < 1.29 is 67.4 Å². The van der Waals surface area contributed by atoms with E-state index in [1.54, 1.807) is 80.2 Å². The first-order valence-electron chi connectivity index (χ1n) is 35.7. The summed E-state index contributed by atoms with van der Waals surface area (Å²) in [4.78, 5) is 190. The summed E-state index contributed by atoms with van der Waals surface area (Å²) in [5.74, 6) is -11.9. The maximum absolute atomic E-state index is 15.3. The van der Waals surface area contributed by atoms with Gasteiger partial charge in [0.05, 0.1) is 24.8 Å². The van der Waals surface area contributed by atoms with Crippen LogP contribution in [0.25, 0.3) is 0 Å². The van der Waals surface area contributed by atoms with Crippen LogP contribution < -0.4 is 5.32 Å². The van der Waals surface area contributed by atoms with Gasteiger partial charge in [0, 0.05) is 113 Å². The number of carbonyl (C=O) groups is 12. The van der Waals surface area contributed by atoms with Crippen molar-refractivity contribution in [3.8, 4) is 0 Å². The molecule has 2 fully saturated rings. The van der Waals surface area contributed by atoms with Crippen LogP contribution in [0.3, 0.4) is 0 Å². The normalized spacial score (nSPS) is 27.5. The van der Waals surface area contributed by atoms with E-state index in [0.29, 0.717) is 45.4 Å². The van der Waals surface area contributed by atoms with Crippen LogP contribution in [-0.2, 0) is 57.5 Å². The molecule has 0 aliphatic carbocycles. The molecule has 2 saturated heterocycles. The van der Waals surface area contributed by atoms with Gasteiger partial charge in [-0.2, -0.15) is 0 Å². The molecule has 0 unspecified atom stereocenters. The molecule has 0 aromatic carbocycles. The molecular weight excluding hydrogens is 1240 g/mol. The van der Waals surface area contributed by atoms with Gasteiger partial charge in [-0.1, -0.05) is 116 Å². The Morgan fingerprint density at radius 1 is 0.526 bits per heavy atom. The van der Waals surface area contributed by atoms with Gasteiger partial charge in [0.2, 0.25) is 47.3 Å². The van der Waals surface area contributed by atoms with Crippen LogP contribution in [0.4, 0.5) is 4.79 Å². The van der Waals surface area contributed by atoms with Gasteiger partial charge in [0.1, 0.15) is 42.0 Å². The molecule has 2 aliphatic rings. The highest BCUT2D eigenvalue weighted by molar-refractivity contribution is 6.00. The Labute approximate surface area is 582 Å². The van der Waals surface area contributed by atoms with Gasteiger partial charge < -0.3 is 59.3 Å². The number of allylic oxidation sites excluding steroid dienone is 2. The number of nitrogens with one attached hydrogen (secondary N) is 1. The molecule has 97 heavy (non-hydrogen) atoms. The van der Waals surface area contributed by atoms with E-state index in [4.69, 9.17) is 4.74 Å². The first kappa shape index (κ1) is 86.8. The molecule has 24 nitrogen and oxygen atoms in total. The topological polar surface area (TPSA) is 275 Å². The molecule has 0 aromatic heterocycles. The molecule has 9 amide bonds. The van der Waals surface area contributed by atoms with Crippen LogP contribution in [0.5, 0.6) is 0 Å². The van der Waals surface area contributed by atoms with Crippen LogP contribution in [-0.4, -0.2) is 264 Å². The first-order valence-corrected chi connectivity index (χ1v) is 35.7. The number of hydrogen-bond acceptors (Lipinski definition) is 15. The van der Waals surface area contributed by atoms with Gasteiger partial charge in [-0.3, -0.25) is 52.7 Å². The minimum atomic E-state index is -1.64. The quantitative estimate of drug-likeness (QED) is 0.107. The Morgan fingerprint density at radius 3 is 1.49 bits per heavy atom. The zero-order valence-electron chi connectivity index (χ0n) is 64.0. The second-order valence-corrected chi connectivity index (χ2v) is 30.3. The molecule has 0 spiro atoms. The predicted octanol–water partition coefficient (Wildman–Crippen LogP) is 6.68. The van der Waals surface area contributed by atoms with Crippen LogP contribution in [0.1, 0.15) is 182 Å². The molecule has 24 heteroatoms. The number of rotatable bonds is 18. The predicted molar refractivity (Wildman–Crippen MR) is 376 cm³/mol. The average Bonchev–Trinajstić information content (AvgIpc) is 0.832. The third kappa shape index (κ3) is 24.2. The van der Waals surface area contributed by atoms with Gasteiger partial charge >= 0.3 is 6.09 Å². The molecule has 14 atom stereocenters. The first-order chi connectivity index (χ1) is 45.0. The zero-order chi connectivity index (χ0) is 74.5. The maximum Gasteiger partial charge on any atom is 0.409 e. The second-order valence-electron chi connectivity index (χ2n) is 30.3. The number of Topliss-reactive ketones (excluding diaryl/α,β-unsaturated/α-hetero) is 3. The van der Waals surface area contributed by atoms with Crippen molar-refractivity contribution in [2.75, 3.05) is 89.2 Å². The Bertz CT molecular complexity index is 2690. The molecule has 554 valence electrons. The van der Waals surface area contributed by atoms with E-state index in [1.807, 2.05) is 54.7 Å². The summed E-state index contributed by atoms with van der Waals surface area (Å²) < 4.78 is 5.68. The summed E-state index contributed by atoms with van der Waals surface area (Å²) in [5, 5.41) is 15.0. The van der Waals surface area contributed by atoms with E-state index in [9.17, 15) is 29.1 Å². The minimum Gasteiger partial charge on any atom is -0.449 e. The van der Waals surface area contributed by atoms with E-state index in [1.165, 1.54) is 85.7 Å². The van der Waals surface area contributed by atoms with Crippen molar-refractivity contribution in [1.29, 1.82) is 0 Å². The van der Waals surface area contributed by atoms with Crippen molar-refractivity contribution in [2.24, 2.45) is 59.2 Å². The van der Waals surface area contributed by atoms with Crippen molar-refractivity contribution in [3.63, 3.8) is 0 Å². The molecule has 2 rings (SSSR count). The summed E-state index contributed by atoms with van der Waals surface area (Å²) in [5.41, 5.74) is 0. The molecule has 0 bridgehead atoms. The standard InChI is InChI=1S/C73H128N10O14/c1-26-28-30-49(14)64(87)63-65(88)74-54(27-2)69(92)76(19)52(17)67(90)81(24)62(48(13)31-29-36-97-73(96)83-34-32-75(18)33-35-83)60(86)42-53(46(9)10)68(91)77(20)55(37-43(3)4)59(85)40-50(15)58(84)41-51(16)66(89)78(21)56(38-44(5)6)70(93)79(22)57(39-45(7)8)71(94)80(23)61(47(11)12)72(95)82(63)25/h26,28,43-57,61-64,87H,27,29-42H2,1-25H3,(H,74,88)/b28-26+/t48-,49-,50-,51+,52-,53+,54+,55+,56+,57+,61+,62+,63+,64-/m1/s1. The largest absolute Gasteiger partial charge is 0.449 e. The Kier molecular flexibility index (Phi) is 35.9. The third-order valence-corrected chi connectivity index (χ3v) is 20.1. The summed E-state index contributed by atoms with van der Waals surface area (Å²) in [6, 6.07) is -9.93. The van der Waals surface area contributed by atoms with Gasteiger partial charge in [0.25, 0.3) is 0 Å². The van der Waals surface area contributed by atoms with Crippen molar-refractivity contribution >= 4 is 70.7 Å². The van der Waals surface area contributed by atoms with Gasteiger partial charge in [-0.15, -0.1) is 0 Å². The number of likely N-dealkylation sites (N-methyl/N-ethyl adjacent to an activating group) is 8.